The number of nitrogens with zero attached hydrogens (tertiary/aromatic N) is 3. The van der Waals surface area contributed by atoms with Crippen molar-refractivity contribution in [2.75, 3.05) is 26.2 Å². The Balaban J connectivity index is 1.40. The van der Waals surface area contributed by atoms with Crippen molar-refractivity contribution < 1.29 is 9.53 Å². The van der Waals surface area contributed by atoms with Crippen LogP contribution in [0.2, 0.25) is 0 Å². The fourth-order valence-electron chi connectivity index (χ4n) is 3.60. The minimum Gasteiger partial charge on any atom is -0.467 e. The van der Waals surface area contributed by atoms with Gasteiger partial charge in [0.25, 0.3) is 5.19 Å². The minimum absolute atomic E-state index is 0.0708. The molecule has 2 saturated heterocycles. The summed E-state index contributed by atoms with van der Waals surface area (Å²) in [6.45, 7) is 9.93. The van der Waals surface area contributed by atoms with Gasteiger partial charge in [-0.25, -0.2) is 9.78 Å². The number of rotatable bonds is 3. The van der Waals surface area contributed by atoms with Crippen LogP contribution < -0.4 is 10.1 Å². The van der Waals surface area contributed by atoms with Gasteiger partial charge in [-0.15, -0.1) is 0 Å². The SMILES string of the molecule is CC(C)(C)NC(=O)N1CCC(N2CCC(Oc3nccs3)CC2)CC1. The molecule has 0 saturated carbocycles. The lowest BCUT2D eigenvalue weighted by molar-refractivity contribution is 0.0530. The van der Waals surface area contributed by atoms with E-state index in [-0.39, 0.29) is 11.6 Å². The number of ether oxygens (including phenoxy) is 1. The Morgan fingerprint density at radius 2 is 1.88 bits per heavy atom. The van der Waals surface area contributed by atoms with Gasteiger partial charge in [0, 0.05) is 49.3 Å². The maximum atomic E-state index is 12.3. The lowest BCUT2D eigenvalue weighted by Crippen LogP contribution is -2.54. The Labute approximate surface area is 154 Å². The van der Waals surface area contributed by atoms with Gasteiger partial charge in [0.15, 0.2) is 0 Å². The Kier molecular flexibility index (Phi) is 5.84. The quantitative estimate of drug-likeness (QED) is 0.893. The van der Waals surface area contributed by atoms with Crippen LogP contribution >= 0.6 is 11.3 Å². The number of amides is 2. The number of piperidine rings is 2. The van der Waals surface area contributed by atoms with E-state index in [0.717, 1.165) is 57.1 Å². The van der Waals surface area contributed by atoms with Gasteiger partial charge in [-0.05, 0) is 46.5 Å². The second-order valence-electron chi connectivity index (χ2n) is 8.05. The highest BCUT2D eigenvalue weighted by atomic mass is 32.1. The first-order valence-electron chi connectivity index (χ1n) is 9.28. The molecule has 25 heavy (non-hydrogen) atoms. The highest BCUT2D eigenvalue weighted by molar-refractivity contribution is 7.11. The molecule has 0 atom stereocenters. The van der Waals surface area contributed by atoms with Crippen LogP contribution in [0.3, 0.4) is 0 Å². The van der Waals surface area contributed by atoms with Gasteiger partial charge >= 0.3 is 6.03 Å². The molecule has 2 amide bonds. The summed E-state index contributed by atoms with van der Waals surface area (Å²) in [6.07, 6.45) is 6.33. The Hall–Kier alpha value is -1.34. The molecule has 7 heteroatoms. The molecule has 6 nitrogen and oxygen atoms in total. The van der Waals surface area contributed by atoms with Crippen LogP contribution in [0.1, 0.15) is 46.5 Å². The number of nitrogens with one attached hydrogen (secondary N) is 1. The Morgan fingerprint density at radius 1 is 1.20 bits per heavy atom. The van der Waals surface area contributed by atoms with E-state index in [1.807, 2.05) is 31.1 Å². The van der Waals surface area contributed by atoms with E-state index in [1.165, 1.54) is 0 Å². The zero-order valence-electron chi connectivity index (χ0n) is 15.5. The summed E-state index contributed by atoms with van der Waals surface area (Å²) in [4.78, 5) is 21.0. The molecule has 0 aliphatic carbocycles. The third-order valence-electron chi connectivity index (χ3n) is 4.90. The molecule has 3 heterocycles. The van der Waals surface area contributed by atoms with Crippen LogP contribution in [0.25, 0.3) is 0 Å². The van der Waals surface area contributed by atoms with Crippen molar-refractivity contribution >= 4 is 17.4 Å². The van der Waals surface area contributed by atoms with Crippen molar-refractivity contribution in [3.63, 3.8) is 0 Å². The third-order valence-corrected chi connectivity index (χ3v) is 5.56. The van der Waals surface area contributed by atoms with E-state index in [1.54, 1.807) is 17.5 Å². The van der Waals surface area contributed by atoms with Crippen molar-refractivity contribution in [1.82, 2.24) is 20.1 Å². The van der Waals surface area contributed by atoms with E-state index in [9.17, 15) is 4.79 Å². The number of thiazole rings is 1. The van der Waals surface area contributed by atoms with Crippen LogP contribution in [-0.4, -0.2) is 64.7 Å². The monoisotopic (exact) mass is 366 g/mol. The summed E-state index contributed by atoms with van der Waals surface area (Å²) in [6, 6.07) is 0.668. The molecule has 0 spiro atoms. The molecule has 0 bridgehead atoms. The van der Waals surface area contributed by atoms with E-state index in [2.05, 4.69) is 15.2 Å². The largest absolute Gasteiger partial charge is 0.467 e. The van der Waals surface area contributed by atoms with E-state index >= 15 is 0 Å². The molecule has 1 N–H and O–H groups in total. The van der Waals surface area contributed by atoms with Crippen LogP contribution in [0.15, 0.2) is 11.6 Å². The number of carbonyl (C=O) groups excluding carboxylic acids is 1. The number of urea groups is 1. The summed E-state index contributed by atoms with van der Waals surface area (Å²) in [5.41, 5.74) is -0.173. The fourth-order valence-corrected chi connectivity index (χ4v) is 4.16. The van der Waals surface area contributed by atoms with Crippen LogP contribution in [0.5, 0.6) is 5.19 Å². The first-order valence-corrected chi connectivity index (χ1v) is 10.2. The zero-order valence-corrected chi connectivity index (χ0v) is 16.3. The van der Waals surface area contributed by atoms with Gasteiger partial charge in [-0.2, -0.15) is 0 Å². The van der Waals surface area contributed by atoms with Gasteiger partial charge in [0.1, 0.15) is 6.10 Å². The first kappa shape index (κ1) is 18.5. The van der Waals surface area contributed by atoms with Crippen molar-refractivity contribution in [3.8, 4) is 5.19 Å². The fraction of sp³-hybridized carbons (Fsp3) is 0.778. The predicted molar refractivity (Wildman–Crippen MR) is 100 cm³/mol. The van der Waals surface area contributed by atoms with Gasteiger partial charge in [-0.1, -0.05) is 11.3 Å². The number of hydrogen-bond donors (Lipinski definition) is 1. The molecular formula is C18H30N4O2S. The molecular weight excluding hydrogens is 336 g/mol. The second-order valence-corrected chi connectivity index (χ2v) is 8.91. The lowest BCUT2D eigenvalue weighted by atomic mass is 9.99. The van der Waals surface area contributed by atoms with Crippen molar-refractivity contribution in [1.29, 1.82) is 0 Å². The zero-order chi connectivity index (χ0) is 17.9. The summed E-state index contributed by atoms with van der Waals surface area (Å²) < 4.78 is 5.95. The molecule has 0 radical (unpaired) electrons. The molecule has 2 fully saturated rings. The molecule has 1 aromatic rings. The Bertz CT molecular complexity index is 542. The first-order chi connectivity index (χ1) is 11.9. The van der Waals surface area contributed by atoms with Crippen LogP contribution in [0.4, 0.5) is 4.79 Å². The minimum atomic E-state index is -0.173. The molecule has 1 aromatic heterocycles. The summed E-state index contributed by atoms with van der Waals surface area (Å²) in [5, 5.41) is 5.80. The molecule has 140 valence electrons. The van der Waals surface area contributed by atoms with Gasteiger partial charge in [0.2, 0.25) is 0 Å². The summed E-state index contributed by atoms with van der Waals surface area (Å²) >= 11 is 1.56. The highest BCUT2D eigenvalue weighted by Crippen LogP contribution is 2.24. The predicted octanol–water partition coefficient (Wildman–Crippen LogP) is 2.96. The number of carbonyl (C=O) groups is 1. The van der Waals surface area contributed by atoms with E-state index < -0.39 is 0 Å². The van der Waals surface area contributed by atoms with Crippen LogP contribution in [-0.2, 0) is 0 Å². The maximum Gasteiger partial charge on any atom is 0.317 e. The molecule has 3 rings (SSSR count). The molecule has 0 aromatic carbocycles. The molecule has 2 aliphatic rings. The standard InChI is InChI=1S/C18H30N4O2S/c1-18(2,3)20-16(23)22-9-4-14(5-10-22)21-11-6-15(7-12-21)24-17-19-8-13-25-17/h8,13-15H,4-7,9-12H2,1-3H3,(H,20,23). The average molecular weight is 367 g/mol. The summed E-state index contributed by atoms with van der Waals surface area (Å²) in [7, 11) is 0. The van der Waals surface area contributed by atoms with Gasteiger partial charge < -0.3 is 15.0 Å². The molecule has 0 unspecified atom stereocenters. The topological polar surface area (TPSA) is 57.7 Å². The molecule has 2 aliphatic heterocycles. The normalized spacial score (nSPS) is 21.3. The van der Waals surface area contributed by atoms with Crippen molar-refractivity contribution in [2.45, 2.75) is 64.1 Å². The average Bonchev–Trinajstić information content (AvgIpc) is 3.07. The smallest absolute Gasteiger partial charge is 0.317 e. The maximum absolute atomic E-state index is 12.3. The van der Waals surface area contributed by atoms with Crippen molar-refractivity contribution in [3.05, 3.63) is 11.6 Å². The highest BCUT2D eigenvalue weighted by Gasteiger charge is 2.31. The van der Waals surface area contributed by atoms with E-state index in [4.69, 9.17) is 4.74 Å². The lowest BCUT2D eigenvalue weighted by Gasteiger charge is -2.42. The Morgan fingerprint density at radius 3 is 2.44 bits per heavy atom. The van der Waals surface area contributed by atoms with Gasteiger partial charge in [0.05, 0.1) is 0 Å². The summed E-state index contributed by atoms with van der Waals surface area (Å²) in [5.74, 6) is 0. The third kappa shape index (κ3) is 5.31. The van der Waals surface area contributed by atoms with Crippen molar-refractivity contribution in [2.24, 2.45) is 0 Å². The van der Waals surface area contributed by atoms with Gasteiger partial charge in [-0.3, -0.25) is 4.90 Å². The van der Waals surface area contributed by atoms with E-state index in [0.29, 0.717) is 12.1 Å². The number of hydrogen-bond acceptors (Lipinski definition) is 5. The van der Waals surface area contributed by atoms with Crippen LogP contribution in [0, 0.1) is 0 Å². The number of likely N-dealkylation sites (tertiary alicyclic amines) is 2. The number of aromatic nitrogens is 1. The second kappa shape index (κ2) is 7.91.